The molecule has 0 aromatic carbocycles. The second-order valence-electron chi connectivity index (χ2n) is 2.20. The lowest BCUT2D eigenvalue weighted by molar-refractivity contribution is 0.600. The third-order valence-corrected chi connectivity index (χ3v) is 1.39. The average Bonchev–Trinajstić information content (AvgIpc) is 2.37. The highest BCUT2D eigenvalue weighted by atomic mass is 32.1. The summed E-state index contributed by atoms with van der Waals surface area (Å²) in [5, 5.41) is 4.04. The number of nitrogens with zero attached hydrogens (tertiary/aromatic N) is 3. The van der Waals surface area contributed by atoms with E-state index in [1.807, 2.05) is 0 Å². The number of hydrogen-bond acceptors (Lipinski definition) is 3. The molecule has 60 valence electrons. The lowest BCUT2D eigenvalue weighted by Crippen LogP contribution is -2.12. The summed E-state index contributed by atoms with van der Waals surface area (Å²) in [4.78, 5) is 4.17. The molecule has 0 saturated carbocycles. The fourth-order valence-electron chi connectivity index (χ4n) is 0.744. The second-order valence-corrected chi connectivity index (χ2v) is 2.64. The van der Waals surface area contributed by atoms with Crippen LogP contribution in [0.2, 0.25) is 0 Å². The quantitative estimate of drug-likeness (QED) is 0.664. The van der Waals surface area contributed by atoms with Gasteiger partial charge in [-0.2, -0.15) is 0 Å². The van der Waals surface area contributed by atoms with Gasteiger partial charge >= 0.3 is 0 Å². The van der Waals surface area contributed by atoms with Crippen LogP contribution in [0, 0.1) is 0 Å². The Morgan fingerprint density at radius 1 is 1.82 bits per heavy atom. The molecule has 2 N–H and O–H groups in total. The van der Waals surface area contributed by atoms with E-state index in [0.29, 0.717) is 5.82 Å². The number of rotatable bonds is 3. The molecule has 1 heterocycles. The van der Waals surface area contributed by atoms with E-state index in [-0.39, 0.29) is 4.99 Å². The molecular weight excluding hydrogens is 160 g/mol. The van der Waals surface area contributed by atoms with Crippen molar-refractivity contribution < 1.29 is 0 Å². The van der Waals surface area contributed by atoms with Crippen molar-refractivity contribution in [3.8, 4) is 0 Å². The van der Waals surface area contributed by atoms with E-state index < -0.39 is 0 Å². The minimum absolute atomic E-state index is 0.250. The van der Waals surface area contributed by atoms with Crippen LogP contribution in [0.15, 0.2) is 6.33 Å². The zero-order valence-electron chi connectivity index (χ0n) is 6.32. The van der Waals surface area contributed by atoms with Crippen LogP contribution in [-0.4, -0.2) is 19.8 Å². The van der Waals surface area contributed by atoms with Gasteiger partial charge in [0, 0.05) is 6.54 Å². The topological polar surface area (TPSA) is 56.7 Å². The highest BCUT2D eigenvalue weighted by Crippen LogP contribution is 1.90. The Kier molecular flexibility index (Phi) is 2.53. The molecule has 0 radical (unpaired) electrons. The molecule has 0 bridgehead atoms. The summed E-state index contributed by atoms with van der Waals surface area (Å²) in [5.41, 5.74) is 5.32. The molecule has 0 saturated heterocycles. The predicted octanol–water partition coefficient (Wildman–Crippen LogP) is 0.322. The van der Waals surface area contributed by atoms with E-state index in [2.05, 4.69) is 17.0 Å². The number of aryl methyl sites for hydroxylation is 1. The van der Waals surface area contributed by atoms with Crippen molar-refractivity contribution in [1.82, 2.24) is 14.8 Å². The number of hydrogen-bond donors (Lipinski definition) is 1. The molecule has 0 spiro atoms. The minimum Gasteiger partial charge on any atom is -0.387 e. The molecule has 1 rings (SSSR count). The first-order valence-corrected chi connectivity index (χ1v) is 3.84. The van der Waals surface area contributed by atoms with Crippen molar-refractivity contribution in [3.05, 3.63) is 12.2 Å². The van der Waals surface area contributed by atoms with Gasteiger partial charge in [-0.1, -0.05) is 19.1 Å². The Labute approximate surface area is 70.4 Å². The molecule has 4 nitrogen and oxygen atoms in total. The summed E-state index contributed by atoms with van der Waals surface area (Å²) in [6.45, 7) is 2.93. The molecule has 0 unspecified atom stereocenters. The third-order valence-electron chi connectivity index (χ3n) is 1.21. The first-order valence-electron chi connectivity index (χ1n) is 3.43. The van der Waals surface area contributed by atoms with E-state index in [9.17, 15) is 0 Å². The van der Waals surface area contributed by atoms with Gasteiger partial charge in [0.15, 0.2) is 0 Å². The largest absolute Gasteiger partial charge is 0.387 e. The Hall–Kier alpha value is -0.970. The maximum Gasteiger partial charge on any atom is 0.208 e. The summed E-state index contributed by atoms with van der Waals surface area (Å²) in [5.74, 6) is 0.452. The van der Waals surface area contributed by atoms with Gasteiger partial charge in [-0.15, -0.1) is 5.10 Å². The SMILES string of the molecule is CCCn1cnc(C(N)=S)n1. The first kappa shape index (κ1) is 8.13. The Bertz CT molecular complexity index is 255. The molecular formula is C6H10N4S. The fraction of sp³-hybridized carbons (Fsp3) is 0.500. The van der Waals surface area contributed by atoms with Gasteiger partial charge in [-0.05, 0) is 6.42 Å². The van der Waals surface area contributed by atoms with Crippen LogP contribution in [0.3, 0.4) is 0 Å². The molecule has 1 aromatic heterocycles. The van der Waals surface area contributed by atoms with E-state index in [4.69, 9.17) is 18.0 Å². The van der Waals surface area contributed by atoms with E-state index in [1.165, 1.54) is 0 Å². The fourth-order valence-corrected chi connectivity index (χ4v) is 0.838. The van der Waals surface area contributed by atoms with Crippen LogP contribution in [0.25, 0.3) is 0 Å². The van der Waals surface area contributed by atoms with Crippen LogP contribution in [-0.2, 0) is 6.54 Å². The maximum atomic E-state index is 5.32. The van der Waals surface area contributed by atoms with Gasteiger partial charge < -0.3 is 5.73 Å². The molecule has 0 atom stereocenters. The van der Waals surface area contributed by atoms with Gasteiger partial charge in [0.1, 0.15) is 11.3 Å². The van der Waals surface area contributed by atoms with Crippen molar-refractivity contribution in [1.29, 1.82) is 0 Å². The minimum atomic E-state index is 0.250. The lowest BCUT2D eigenvalue weighted by Gasteiger charge is -1.92. The Balaban J connectivity index is 2.73. The van der Waals surface area contributed by atoms with Gasteiger partial charge in [0.05, 0.1) is 0 Å². The Morgan fingerprint density at radius 2 is 2.55 bits per heavy atom. The lowest BCUT2D eigenvalue weighted by atomic mass is 10.5. The van der Waals surface area contributed by atoms with Gasteiger partial charge in [0.2, 0.25) is 5.82 Å². The second kappa shape index (κ2) is 3.43. The van der Waals surface area contributed by atoms with Gasteiger partial charge in [-0.3, -0.25) is 4.68 Å². The van der Waals surface area contributed by atoms with Crippen molar-refractivity contribution >= 4 is 17.2 Å². The summed E-state index contributed by atoms with van der Waals surface area (Å²) < 4.78 is 1.73. The van der Waals surface area contributed by atoms with E-state index in [0.717, 1.165) is 13.0 Å². The molecule has 5 heteroatoms. The third kappa shape index (κ3) is 1.98. The maximum absolute atomic E-state index is 5.32. The molecule has 0 amide bonds. The van der Waals surface area contributed by atoms with E-state index >= 15 is 0 Å². The van der Waals surface area contributed by atoms with Crippen molar-refractivity contribution in [2.24, 2.45) is 5.73 Å². The Morgan fingerprint density at radius 3 is 3.00 bits per heavy atom. The van der Waals surface area contributed by atoms with Crippen LogP contribution in [0.1, 0.15) is 19.2 Å². The molecule has 11 heavy (non-hydrogen) atoms. The predicted molar refractivity (Wildman–Crippen MR) is 46.2 cm³/mol. The molecule has 0 aliphatic rings. The zero-order valence-corrected chi connectivity index (χ0v) is 7.14. The molecule has 0 fully saturated rings. The first-order chi connectivity index (χ1) is 5.24. The normalized spacial score (nSPS) is 9.91. The van der Waals surface area contributed by atoms with Crippen molar-refractivity contribution in [2.45, 2.75) is 19.9 Å². The molecule has 0 aliphatic carbocycles. The summed E-state index contributed by atoms with van der Waals surface area (Å²) >= 11 is 4.70. The average molecular weight is 170 g/mol. The van der Waals surface area contributed by atoms with Crippen LogP contribution < -0.4 is 5.73 Å². The van der Waals surface area contributed by atoms with Crippen molar-refractivity contribution in [3.63, 3.8) is 0 Å². The monoisotopic (exact) mass is 170 g/mol. The summed E-state index contributed by atoms with van der Waals surface area (Å²) in [6.07, 6.45) is 2.66. The van der Waals surface area contributed by atoms with E-state index in [1.54, 1.807) is 11.0 Å². The number of aromatic nitrogens is 3. The summed E-state index contributed by atoms with van der Waals surface area (Å²) in [7, 11) is 0. The summed E-state index contributed by atoms with van der Waals surface area (Å²) in [6, 6.07) is 0. The molecule has 0 aliphatic heterocycles. The van der Waals surface area contributed by atoms with Crippen LogP contribution in [0.4, 0.5) is 0 Å². The van der Waals surface area contributed by atoms with Crippen LogP contribution >= 0.6 is 12.2 Å². The number of thiocarbonyl (C=S) groups is 1. The highest BCUT2D eigenvalue weighted by Gasteiger charge is 2.01. The van der Waals surface area contributed by atoms with Gasteiger partial charge in [0.25, 0.3) is 0 Å². The van der Waals surface area contributed by atoms with Crippen LogP contribution in [0.5, 0.6) is 0 Å². The zero-order chi connectivity index (χ0) is 8.27. The number of nitrogens with two attached hydrogens (primary N) is 1. The van der Waals surface area contributed by atoms with Gasteiger partial charge in [-0.25, -0.2) is 4.98 Å². The highest BCUT2D eigenvalue weighted by molar-refractivity contribution is 7.80. The standard InChI is InChI=1S/C6H10N4S/c1-2-3-10-4-8-6(9-10)5(7)11/h4H,2-3H2,1H3,(H2,7,11). The smallest absolute Gasteiger partial charge is 0.208 e. The molecule has 1 aromatic rings. The van der Waals surface area contributed by atoms with Crippen molar-refractivity contribution in [2.75, 3.05) is 0 Å².